The number of nitrogens with zero attached hydrogens (tertiary/aromatic N) is 1. The highest BCUT2D eigenvalue weighted by atomic mass is 16.5. The third kappa shape index (κ3) is 7.02. The van der Waals surface area contributed by atoms with Crippen LogP contribution in [0.3, 0.4) is 0 Å². The average Bonchev–Trinajstić information content (AvgIpc) is 2.36. The highest BCUT2D eigenvalue weighted by Gasteiger charge is 2.18. The SMILES string of the molecule is CCCNCC1CCCN(CCCOCC)C1. The van der Waals surface area contributed by atoms with E-state index < -0.39 is 0 Å². The molecule has 0 saturated carbocycles. The molecule has 0 aromatic heterocycles. The lowest BCUT2D eigenvalue weighted by molar-refractivity contribution is 0.117. The Morgan fingerprint density at radius 2 is 2.24 bits per heavy atom. The smallest absolute Gasteiger partial charge is 0.0478 e. The van der Waals surface area contributed by atoms with Crippen LogP contribution in [0.1, 0.15) is 39.5 Å². The maximum Gasteiger partial charge on any atom is 0.0478 e. The highest BCUT2D eigenvalue weighted by molar-refractivity contribution is 4.74. The van der Waals surface area contributed by atoms with Gasteiger partial charge in [-0.1, -0.05) is 6.92 Å². The fourth-order valence-corrected chi connectivity index (χ4v) is 2.54. The zero-order valence-electron chi connectivity index (χ0n) is 11.7. The molecule has 0 spiro atoms. The second-order valence-corrected chi connectivity index (χ2v) is 5.06. The molecule has 17 heavy (non-hydrogen) atoms. The van der Waals surface area contributed by atoms with Crippen LogP contribution in [-0.4, -0.2) is 50.8 Å². The van der Waals surface area contributed by atoms with Crippen LogP contribution in [0.5, 0.6) is 0 Å². The first-order valence-electron chi connectivity index (χ1n) is 7.37. The Balaban J connectivity index is 2.06. The van der Waals surface area contributed by atoms with Gasteiger partial charge in [0.25, 0.3) is 0 Å². The number of rotatable bonds is 9. The highest BCUT2D eigenvalue weighted by Crippen LogP contribution is 2.15. The molecule has 1 rings (SSSR count). The molecule has 0 amide bonds. The summed E-state index contributed by atoms with van der Waals surface area (Å²) in [4.78, 5) is 2.61. The van der Waals surface area contributed by atoms with Crippen molar-refractivity contribution >= 4 is 0 Å². The summed E-state index contributed by atoms with van der Waals surface area (Å²) in [5.74, 6) is 0.863. The average molecular weight is 242 g/mol. The Morgan fingerprint density at radius 3 is 3.00 bits per heavy atom. The Labute approximate surface area is 107 Å². The summed E-state index contributed by atoms with van der Waals surface area (Å²) in [6.07, 6.45) is 5.19. The predicted octanol–water partition coefficient (Wildman–Crippen LogP) is 2.12. The molecule has 1 atom stereocenters. The van der Waals surface area contributed by atoms with E-state index in [1.54, 1.807) is 0 Å². The quantitative estimate of drug-likeness (QED) is 0.627. The predicted molar refractivity (Wildman–Crippen MR) is 73.4 cm³/mol. The minimum absolute atomic E-state index is 0.851. The van der Waals surface area contributed by atoms with Crippen LogP contribution in [0.15, 0.2) is 0 Å². The van der Waals surface area contributed by atoms with Crippen LogP contribution >= 0.6 is 0 Å². The lowest BCUT2D eigenvalue weighted by atomic mass is 9.98. The summed E-state index contributed by atoms with van der Waals surface area (Å²) in [5, 5.41) is 3.55. The third-order valence-corrected chi connectivity index (χ3v) is 3.43. The molecule has 1 N–H and O–H groups in total. The van der Waals surface area contributed by atoms with E-state index in [9.17, 15) is 0 Å². The van der Waals surface area contributed by atoms with Gasteiger partial charge in [0.1, 0.15) is 0 Å². The summed E-state index contributed by atoms with van der Waals surface area (Å²) >= 11 is 0. The van der Waals surface area contributed by atoms with E-state index in [2.05, 4.69) is 24.1 Å². The van der Waals surface area contributed by atoms with Crippen LogP contribution in [0.4, 0.5) is 0 Å². The Morgan fingerprint density at radius 1 is 1.35 bits per heavy atom. The van der Waals surface area contributed by atoms with Gasteiger partial charge in [0.15, 0.2) is 0 Å². The molecule has 1 saturated heterocycles. The molecule has 3 heteroatoms. The molecule has 1 fully saturated rings. The standard InChI is InChI=1S/C14H30N2O/c1-3-8-15-12-14-7-5-9-16(13-14)10-6-11-17-4-2/h14-15H,3-13H2,1-2H3. The molecule has 0 aromatic carbocycles. The fourth-order valence-electron chi connectivity index (χ4n) is 2.54. The molecule has 1 unspecified atom stereocenters. The molecule has 0 radical (unpaired) electrons. The van der Waals surface area contributed by atoms with E-state index >= 15 is 0 Å². The Hall–Kier alpha value is -0.120. The maximum atomic E-state index is 5.39. The van der Waals surface area contributed by atoms with Gasteiger partial charge < -0.3 is 15.0 Å². The van der Waals surface area contributed by atoms with Crippen LogP contribution in [-0.2, 0) is 4.74 Å². The zero-order chi connectivity index (χ0) is 12.3. The summed E-state index contributed by atoms with van der Waals surface area (Å²) in [6.45, 7) is 12.2. The molecule has 1 aliphatic rings. The number of hydrogen-bond acceptors (Lipinski definition) is 3. The summed E-state index contributed by atoms with van der Waals surface area (Å²) in [6, 6.07) is 0. The van der Waals surface area contributed by atoms with Crippen molar-refractivity contribution in [2.75, 3.05) is 45.9 Å². The number of ether oxygens (including phenoxy) is 1. The number of likely N-dealkylation sites (tertiary alicyclic amines) is 1. The van der Waals surface area contributed by atoms with Gasteiger partial charge in [0.2, 0.25) is 0 Å². The van der Waals surface area contributed by atoms with Gasteiger partial charge in [0, 0.05) is 26.3 Å². The Kier molecular flexibility index (Phi) is 8.67. The number of nitrogens with one attached hydrogen (secondary N) is 1. The van der Waals surface area contributed by atoms with Crippen molar-refractivity contribution in [1.29, 1.82) is 0 Å². The van der Waals surface area contributed by atoms with Crippen LogP contribution < -0.4 is 5.32 Å². The molecule has 3 nitrogen and oxygen atoms in total. The van der Waals surface area contributed by atoms with E-state index in [4.69, 9.17) is 4.74 Å². The molecular weight excluding hydrogens is 212 g/mol. The Bertz CT molecular complexity index is 176. The normalized spacial score (nSPS) is 21.9. The van der Waals surface area contributed by atoms with E-state index in [0.29, 0.717) is 0 Å². The molecule has 0 aromatic rings. The first kappa shape index (κ1) is 14.9. The van der Waals surface area contributed by atoms with Gasteiger partial charge in [-0.3, -0.25) is 0 Å². The van der Waals surface area contributed by atoms with E-state index in [-0.39, 0.29) is 0 Å². The monoisotopic (exact) mass is 242 g/mol. The van der Waals surface area contributed by atoms with Crippen LogP contribution in [0, 0.1) is 5.92 Å². The molecule has 102 valence electrons. The van der Waals surface area contributed by atoms with Crippen molar-refractivity contribution in [3.63, 3.8) is 0 Å². The van der Waals surface area contributed by atoms with Gasteiger partial charge in [0.05, 0.1) is 0 Å². The van der Waals surface area contributed by atoms with Gasteiger partial charge in [-0.2, -0.15) is 0 Å². The number of hydrogen-bond donors (Lipinski definition) is 1. The van der Waals surface area contributed by atoms with Gasteiger partial charge in [-0.05, 0) is 58.2 Å². The molecular formula is C14H30N2O. The lowest BCUT2D eigenvalue weighted by Crippen LogP contribution is -2.40. The van der Waals surface area contributed by atoms with Crippen molar-refractivity contribution in [2.24, 2.45) is 5.92 Å². The van der Waals surface area contributed by atoms with E-state index in [1.807, 2.05) is 0 Å². The number of piperidine rings is 1. The van der Waals surface area contributed by atoms with Crippen LogP contribution in [0.2, 0.25) is 0 Å². The second kappa shape index (κ2) is 9.86. The first-order valence-corrected chi connectivity index (χ1v) is 7.37. The van der Waals surface area contributed by atoms with Crippen LogP contribution in [0.25, 0.3) is 0 Å². The summed E-state index contributed by atoms with van der Waals surface area (Å²) in [7, 11) is 0. The largest absolute Gasteiger partial charge is 0.382 e. The molecule has 1 aliphatic heterocycles. The third-order valence-electron chi connectivity index (χ3n) is 3.43. The maximum absolute atomic E-state index is 5.39. The minimum Gasteiger partial charge on any atom is -0.382 e. The van der Waals surface area contributed by atoms with Crippen molar-refractivity contribution in [1.82, 2.24) is 10.2 Å². The topological polar surface area (TPSA) is 24.5 Å². The van der Waals surface area contributed by atoms with E-state index in [1.165, 1.54) is 58.4 Å². The molecule has 1 heterocycles. The molecule has 0 aliphatic carbocycles. The molecule has 0 bridgehead atoms. The summed E-state index contributed by atoms with van der Waals surface area (Å²) < 4.78 is 5.39. The van der Waals surface area contributed by atoms with Crippen molar-refractivity contribution in [2.45, 2.75) is 39.5 Å². The van der Waals surface area contributed by atoms with Crippen molar-refractivity contribution in [3.05, 3.63) is 0 Å². The minimum atomic E-state index is 0.851. The van der Waals surface area contributed by atoms with Crippen molar-refractivity contribution in [3.8, 4) is 0 Å². The second-order valence-electron chi connectivity index (χ2n) is 5.06. The van der Waals surface area contributed by atoms with Gasteiger partial charge in [-0.25, -0.2) is 0 Å². The first-order chi connectivity index (χ1) is 8.36. The van der Waals surface area contributed by atoms with Crippen molar-refractivity contribution < 1.29 is 4.74 Å². The van der Waals surface area contributed by atoms with E-state index in [0.717, 1.165) is 19.1 Å². The lowest BCUT2D eigenvalue weighted by Gasteiger charge is -2.32. The fraction of sp³-hybridized carbons (Fsp3) is 1.00. The van der Waals surface area contributed by atoms with Gasteiger partial charge in [-0.15, -0.1) is 0 Å². The zero-order valence-corrected chi connectivity index (χ0v) is 11.7. The summed E-state index contributed by atoms with van der Waals surface area (Å²) in [5.41, 5.74) is 0. The van der Waals surface area contributed by atoms with Gasteiger partial charge >= 0.3 is 0 Å².